The van der Waals surface area contributed by atoms with Crippen molar-refractivity contribution in [3.63, 3.8) is 0 Å². The zero-order valence-electron chi connectivity index (χ0n) is 11.5. The van der Waals surface area contributed by atoms with E-state index < -0.39 is 0 Å². The normalized spacial score (nSPS) is 31.3. The SMILES string of the molecule is CC(C)(C)C1CCSC(=NCC2CCC(=O)N2)N1. The Hall–Kier alpha value is -0.710. The molecule has 2 fully saturated rings. The van der Waals surface area contributed by atoms with E-state index in [1.54, 1.807) is 11.8 Å². The average Bonchev–Trinajstić information content (AvgIpc) is 2.72. The quantitative estimate of drug-likeness (QED) is 0.803. The zero-order chi connectivity index (χ0) is 13.2. The van der Waals surface area contributed by atoms with Gasteiger partial charge >= 0.3 is 0 Å². The van der Waals surface area contributed by atoms with Crippen molar-refractivity contribution in [2.24, 2.45) is 10.4 Å². The minimum absolute atomic E-state index is 0.164. The molecule has 0 aromatic rings. The molecule has 2 saturated heterocycles. The van der Waals surface area contributed by atoms with Crippen molar-refractivity contribution >= 4 is 22.8 Å². The van der Waals surface area contributed by atoms with E-state index in [9.17, 15) is 4.79 Å². The molecular formula is C13H23N3OS. The van der Waals surface area contributed by atoms with Crippen molar-refractivity contribution in [1.29, 1.82) is 0 Å². The number of aliphatic imine (C=N–C) groups is 1. The Balaban J connectivity index is 1.86. The van der Waals surface area contributed by atoms with E-state index in [0.717, 1.165) is 17.3 Å². The lowest BCUT2D eigenvalue weighted by molar-refractivity contribution is -0.119. The summed E-state index contributed by atoms with van der Waals surface area (Å²) in [5.74, 6) is 1.29. The van der Waals surface area contributed by atoms with Gasteiger partial charge < -0.3 is 10.6 Å². The lowest BCUT2D eigenvalue weighted by Crippen LogP contribution is -2.46. The largest absolute Gasteiger partial charge is 0.362 e. The second kappa shape index (κ2) is 5.51. The average molecular weight is 269 g/mol. The van der Waals surface area contributed by atoms with Crippen molar-refractivity contribution in [2.75, 3.05) is 12.3 Å². The van der Waals surface area contributed by atoms with E-state index in [2.05, 4.69) is 36.4 Å². The van der Waals surface area contributed by atoms with Crippen LogP contribution in [-0.2, 0) is 4.79 Å². The molecule has 5 heteroatoms. The standard InChI is InChI=1S/C13H23N3OS/c1-13(2,3)10-6-7-18-12(16-10)14-8-9-4-5-11(17)15-9/h9-10H,4-8H2,1-3H3,(H,14,16)(H,15,17). The molecule has 0 bridgehead atoms. The van der Waals surface area contributed by atoms with Gasteiger partial charge in [-0.3, -0.25) is 9.79 Å². The Morgan fingerprint density at radius 3 is 2.72 bits per heavy atom. The monoisotopic (exact) mass is 269 g/mol. The molecule has 2 unspecified atom stereocenters. The molecule has 2 aliphatic heterocycles. The van der Waals surface area contributed by atoms with E-state index in [4.69, 9.17) is 0 Å². The number of carbonyl (C=O) groups excluding carboxylic acids is 1. The van der Waals surface area contributed by atoms with Gasteiger partial charge in [0.15, 0.2) is 5.17 Å². The number of carbonyl (C=O) groups is 1. The number of nitrogens with zero attached hydrogens (tertiary/aromatic N) is 1. The van der Waals surface area contributed by atoms with Crippen LogP contribution in [0.3, 0.4) is 0 Å². The highest BCUT2D eigenvalue weighted by Gasteiger charge is 2.28. The van der Waals surface area contributed by atoms with E-state index >= 15 is 0 Å². The number of thioether (sulfide) groups is 1. The molecule has 2 heterocycles. The smallest absolute Gasteiger partial charge is 0.220 e. The molecule has 0 aliphatic carbocycles. The lowest BCUT2D eigenvalue weighted by atomic mass is 9.85. The van der Waals surface area contributed by atoms with Gasteiger partial charge in [0.2, 0.25) is 5.91 Å². The van der Waals surface area contributed by atoms with Gasteiger partial charge in [-0.2, -0.15) is 0 Å². The van der Waals surface area contributed by atoms with Gasteiger partial charge in [0.1, 0.15) is 0 Å². The van der Waals surface area contributed by atoms with Crippen molar-refractivity contribution < 1.29 is 4.79 Å². The molecule has 0 aromatic carbocycles. The summed E-state index contributed by atoms with van der Waals surface area (Å²) >= 11 is 1.79. The molecule has 2 N–H and O–H groups in total. The van der Waals surface area contributed by atoms with Gasteiger partial charge in [-0.25, -0.2) is 0 Å². The molecule has 2 aliphatic rings. The number of amides is 1. The molecule has 1 amide bonds. The van der Waals surface area contributed by atoms with Crippen LogP contribution in [0.15, 0.2) is 4.99 Å². The maximum absolute atomic E-state index is 11.1. The minimum Gasteiger partial charge on any atom is -0.362 e. The first-order chi connectivity index (χ1) is 8.45. The summed E-state index contributed by atoms with van der Waals surface area (Å²) in [7, 11) is 0. The van der Waals surface area contributed by atoms with Gasteiger partial charge in [-0.05, 0) is 18.3 Å². The molecule has 0 radical (unpaired) electrons. The Kier molecular flexibility index (Phi) is 4.20. The Labute approximate surface area is 113 Å². The topological polar surface area (TPSA) is 53.5 Å². The first-order valence-electron chi connectivity index (χ1n) is 6.68. The number of rotatable bonds is 2. The predicted octanol–water partition coefficient (Wildman–Crippen LogP) is 1.76. The fourth-order valence-corrected chi connectivity index (χ4v) is 3.22. The Bertz CT molecular complexity index is 349. The van der Waals surface area contributed by atoms with Crippen molar-refractivity contribution in [2.45, 2.75) is 52.1 Å². The van der Waals surface area contributed by atoms with Crippen LogP contribution in [0.2, 0.25) is 0 Å². The molecule has 2 rings (SSSR count). The maximum atomic E-state index is 11.1. The zero-order valence-corrected chi connectivity index (χ0v) is 12.3. The molecule has 0 aromatic heterocycles. The summed E-state index contributed by atoms with van der Waals surface area (Å²) < 4.78 is 0. The second-order valence-corrected chi connectivity index (χ2v) is 7.23. The first-order valence-corrected chi connectivity index (χ1v) is 7.67. The molecule has 2 atom stereocenters. The highest BCUT2D eigenvalue weighted by atomic mass is 32.2. The summed E-state index contributed by atoms with van der Waals surface area (Å²) in [6, 6.07) is 0.734. The van der Waals surface area contributed by atoms with Gasteiger partial charge in [0, 0.05) is 24.3 Å². The number of hydrogen-bond acceptors (Lipinski definition) is 3. The van der Waals surface area contributed by atoms with Crippen LogP contribution in [-0.4, -0.2) is 35.5 Å². The number of nitrogens with one attached hydrogen (secondary N) is 2. The van der Waals surface area contributed by atoms with Gasteiger partial charge in [-0.1, -0.05) is 32.5 Å². The lowest BCUT2D eigenvalue weighted by Gasteiger charge is -2.35. The molecule has 4 nitrogen and oxygen atoms in total. The Morgan fingerprint density at radius 2 is 2.11 bits per heavy atom. The van der Waals surface area contributed by atoms with Crippen LogP contribution in [0.5, 0.6) is 0 Å². The van der Waals surface area contributed by atoms with Crippen LogP contribution in [0, 0.1) is 5.41 Å². The summed E-state index contributed by atoms with van der Waals surface area (Å²) in [6.07, 6.45) is 2.76. The summed E-state index contributed by atoms with van der Waals surface area (Å²) in [5.41, 5.74) is 0.267. The summed E-state index contributed by atoms with van der Waals surface area (Å²) in [5, 5.41) is 7.52. The van der Waals surface area contributed by atoms with Crippen LogP contribution in [0.25, 0.3) is 0 Å². The van der Waals surface area contributed by atoms with Crippen LogP contribution in [0.1, 0.15) is 40.0 Å². The van der Waals surface area contributed by atoms with Gasteiger partial charge in [0.05, 0.1) is 6.54 Å². The Morgan fingerprint density at radius 1 is 1.33 bits per heavy atom. The van der Waals surface area contributed by atoms with Crippen LogP contribution < -0.4 is 10.6 Å². The first kappa shape index (κ1) is 13.7. The molecule has 18 heavy (non-hydrogen) atoms. The third-order valence-corrected chi connectivity index (χ3v) is 4.49. The van der Waals surface area contributed by atoms with E-state index in [1.807, 2.05) is 0 Å². The highest BCUT2D eigenvalue weighted by molar-refractivity contribution is 8.13. The fraction of sp³-hybridized carbons (Fsp3) is 0.846. The van der Waals surface area contributed by atoms with Crippen molar-refractivity contribution in [1.82, 2.24) is 10.6 Å². The van der Waals surface area contributed by atoms with Crippen molar-refractivity contribution in [3.8, 4) is 0 Å². The highest BCUT2D eigenvalue weighted by Crippen LogP contribution is 2.27. The maximum Gasteiger partial charge on any atom is 0.220 e. The number of amidine groups is 1. The molecule has 0 spiro atoms. The van der Waals surface area contributed by atoms with Crippen molar-refractivity contribution in [3.05, 3.63) is 0 Å². The minimum atomic E-state index is 0.164. The van der Waals surface area contributed by atoms with Crippen LogP contribution in [0.4, 0.5) is 0 Å². The predicted molar refractivity (Wildman–Crippen MR) is 76.9 cm³/mol. The summed E-state index contributed by atoms with van der Waals surface area (Å²) in [6.45, 7) is 7.48. The van der Waals surface area contributed by atoms with E-state index in [1.165, 1.54) is 6.42 Å². The fourth-order valence-electron chi connectivity index (χ4n) is 2.28. The molecular weight excluding hydrogens is 246 g/mol. The molecule has 0 saturated carbocycles. The number of hydrogen-bond donors (Lipinski definition) is 2. The summed E-state index contributed by atoms with van der Waals surface area (Å²) in [4.78, 5) is 15.7. The van der Waals surface area contributed by atoms with Crippen LogP contribution >= 0.6 is 11.8 Å². The molecule has 102 valence electrons. The third kappa shape index (κ3) is 3.64. The second-order valence-electron chi connectivity index (χ2n) is 6.15. The van der Waals surface area contributed by atoms with E-state index in [0.29, 0.717) is 19.0 Å². The van der Waals surface area contributed by atoms with E-state index in [-0.39, 0.29) is 17.4 Å². The third-order valence-electron chi connectivity index (χ3n) is 3.53. The van der Waals surface area contributed by atoms with Gasteiger partial charge in [0.25, 0.3) is 0 Å². The van der Waals surface area contributed by atoms with Gasteiger partial charge in [-0.15, -0.1) is 0 Å².